The van der Waals surface area contributed by atoms with Gasteiger partial charge in [-0.25, -0.2) is 20.0 Å². The van der Waals surface area contributed by atoms with Crippen molar-refractivity contribution in [3.8, 4) is 46.0 Å². The third-order valence-corrected chi connectivity index (χ3v) is 20.7. The predicted octanol–water partition coefficient (Wildman–Crippen LogP) is 18.7. The van der Waals surface area contributed by atoms with E-state index in [2.05, 4.69) is 172 Å². The number of hydrogen-bond donors (Lipinski definition) is 0. The Kier molecular flexibility index (Phi) is 16.9. The molecule has 0 saturated heterocycles. The van der Waals surface area contributed by atoms with Gasteiger partial charge in [0.15, 0.2) is 24.7 Å². The lowest BCUT2D eigenvalue weighted by molar-refractivity contribution is -0.229. The van der Waals surface area contributed by atoms with E-state index < -0.39 is 30.6 Å². The fraction of sp³-hybridized carbons (Fsp3) is 0.457. The minimum Gasteiger partial charge on any atom is -0.492 e. The van der Waals surface area contributed by atoms with Gasteiger partial charge in [0.1, 0.15) is 69.3 Å². The molecule has 0 aliphatic carbocycles. The molecule has 0 amide bonds. The molecule has 16 rings (SSSR count). The highest BCUT2D eigenvalue weighted by Gasteiger charge is 2.78. The van der Waals surface area contributed by atoms with Gasteiger partial charge in [-0.2, -0.15) is 0 Å². The lowest BCUT2D eigenvalue weighted by Gasteiger charge is -2.67. The van der Waals surface area contributed by atoms with Crippen molar-refractivity contribution in [2.45, 2.75) is 189 Å². The van der Waals surface area contributed by atoms with Gasteiger partial charge < -0.3 is 37.9 Å². The fourth-order valence-corrected chi connectivity index (χ4v) is 16.1. The second kappa shape index (κ2) is 26.2. The molecule has 0 fully saturated rings. The van der Waals surface area contributed by atoms with Crippen LogP contribution in [0.25, 0.3) is 43.1 Å². The van der Waals surface area contributed by atoms with Gasteiger partial charge in [-0.3, -0.25) is 19.6 Å². The number of rotatable bonds is 32. The Morgan fingerprint density at radius 1 is 0.258 bits per heavy atom. The Labute approximate surface area is 570 Å². The van der Waals surface area contributed by atoms with Crippen LogP contribution in [0.1, 0.15) is 227 Å². The first-order valence-electron chi connectivity index (χ1n) is 36.8. The molecule has 8 heterocycles. The lowest BCUT2D eigenvalue weighted by atomic mass is 9.96. The summed E-state index contributed by atoms with van der Waals surface area (Å²) in [5.74, 6) is 7.61. The van der Waals surface area contributed by atoms with Crippen LogP contribution in [0.5, 0.6) is 46.0 Å². The standard InChI is InChI=1S/C81H92N8O8/c1-9-17-41-90-65-49-33-25-26-34-50(49)66(91-42-18-10-2)58-57(65)73-82-75-59-60(68(93-44-20-12-4)52-36-28-27-35-51(52)67(59)92-43-19-11-3)77-84-79-63-64(72(97-48-24-16-8)56-40-32-31-39-55(56)71(63)96-47-23-15-7)80-85-78-62-61(76-83-74(58)86(73)81(87(75)77,88(76)78)89(79)80)69(94-45-21-13-5)53-37-29-30-38-54(53)70(62)95-46-22-14-6/h25-40,73,76-77,80H,9-24,41-48H2,1-8H3. The zero-order valence-electron chi connectivity index (χ0n) is 57.9. The topological polar surface area (TPSA) is 136 Å². The predicted molar refractivity (Wildman–Crippen MR) is 386 cm³/mol. The van der Waals surface area contributed by atoms with Crippen molar-refractivity contribution in [1.29, 1.82) is 0 Å². The number of amidine groups is 4. The molecular weight excluding hydrogens is 1210 g/mol. The molecule has 8 aliphatic rings. The van der Waals surface area contributed by atoms with E-state index in [1.165, 1.54) is 0 Å². The molecule has 16 heteroatoms. The maximum Gasteiger partial charge on any atom is 0.290 e. The number of benzene rings is 8. The van der Waals surface area contributed by atoms with Gasteiger partial charge in [-0.15, -0.1) is 0 Å². The van der Waals surface area contributed by atoms with Gasteiger partial charge in [-0.05, 0) is 51.4 Å². The molecule has 0 aromatic heterocycles. The van der Waals surface area contributed by atoms with Crippen molar-refractivity contribution in [2.24, 2.45) is 20.0 Å². The van der Waals surface area contributed by atoms with Crippen LogP contribution in [0.4, 0.5) is 0 Å². The van der Waals surface area contributed by atoms with Crippen molar-refractivity contribution in [3.63, 3.8) is 0 Å². The molecule has 0 bridgehead atoms. The third-order valence-electron chi connectivity index (χ3n) is 20.7. The minimum atomic E-state index is -1.47. The third kappa shape index (κ3) is 9.39. The molecule has 4 unspecified atom stereocenters. The van der Waals surface area contributed by atoms with E-state index in [1.807, 2.05) is 0 Å². The summed E-state index contributed by atoms with van der Waals surface area (Å²) in [5.41, 5.74) is 7.09. The number of aliphatic imine (C=N–C) groups is 4. The van der Waals surface area contributed by atoms with E-state index in [9.17, 15) is 0 Å². The quantitative estimate of drug-likeness (QED) is 0.0371. The van der Waals surface area contributed by atoms with E-state index in [4.69, 9.17) is 57.9 Å². The summed E-state index contributed by atoms with van der Waals surface area (Å²) in [6.45, 7) is 21.8. The van der Waals surface area contributed by atoms with Gasteiger partial charge in [0.2, 0.25) is 0 Å². The van der Waals surface area contributed by atoms with Gasteiger partial charge in [-0.1, -0.05) is 204 Å². The van der Waals surface area contributed by atoms with Crippen LogP contribution >= 0.6 is 0 Å². The number of fused-ring (bicyclic) bond motifs is 16. The van der Waals surface area contributed by atoms with Gasteiger partial charge >= 0.3 is 0 Å². The SMILES string of the molecule is CCCCOc1c2c(c(OCCCC)c3ccccc13)C1N=C3c4c(c(OCCCC)c5ccccc5c4OCCCC)C4N=C5c6c(c(OCCCC)c7ccccc7c6OCCCC)C6N=C7c8c(c(OCCCC)c9ccccc9c8OCCCC)C8N=C2N1C(N78)(N34)N56. The number of hydrogen-bond acceptors (Lipinski definition) is 16. The Bertz CT molecular complexity index is 3970. The van der Waals surface area contributed by atoms with E-state index >= 15 is 0 Å². The number of nitrogens with zero attached hydrogens (tertiary/aromatic N) is 8. The summed E-state index contributed by atoms with van der Waals surface area (Å²) in [4.78, 5) is 35.6. The first-order valence-corrected chi connectivity index (χ1v) is 36.8. The highest BCUT2D eigenvalue weighted by atomic mass is 16.5. The minimum absolute atomic E-state index is 0.499. The van der Waals surface area contributed by atoms with Crippen LogP contribution in [0.2, 0.25) is 0 Å². The summed E-state index contributed by atoms with van der Waals surface area (Å²) in [7, 11) is 0. The maximum absolute atomic E-state index is 7.45. The molecule has 8 aromatic rings. The Hall–Kier alpha value is -8.92. The van der Waals surface area contributed by atoms with E-state index in [1.54, 1.807) is 0 Å². The van der Waals surface area contributed by atoms with E-state index in [-0.39, 0.29) is 0 Å². The van der Waals surface area contributed by atoms with Crippen LogP contribution in [-0.4, -0.2) is 102 Å². The van der Waals surface area contributed by atoms with Crippen molar-refractivity contribution < 1.29 is 37.9 Å². The molecule has 1 spiro atoms. The zero-order chi connectivity index (χ0) is 66.1. The fourth-order valence-electron chi connectivity index (χ4n) is 16.1. The Morgan fingerprint density at radius 2 is 0.423 bits per heavy atom. The van der Waals surface area contributed by atoms with Gasteiger partial charge in [0.05, 0.1) is 97.4 Å². The maximum atomic E-state index is 7.45. The zero-order valence-corrected chi connectivity index (χ0v) is 57.9. The van der Waals surface area contributed by atoms with E-state index in [0.717, 1.165) is 260 Å². The van der Waals surface area contributed by atoms with Crippen molar-refractivity contribution in [3.05, 3.63) is 142 Å². The normalized spacial score (nSPS) is 19.7. The van der Waals surface area contributed by atoms with Crippen LogP contribution in [-0.2, 0) is 0 Å². The van der Waals surface area contributed by atoms with E-state index in [0.29, 0.717) is 52.9 Å². The number of ether oxygens (including phenoxy) is 8. The smallest absolute Gasteiger partial charge is 0.290 e. The van der Waals surface area contributed by atoms with Gasteiger partial charge in [0.25, 0.3) is 5.91 Å². The van der Waals surface area contributed by atoms with Crippen LogP contribution < -0.4 is 37.9 Å². The van der Waals surface area contributed by atoms with Crippen molar-refractivity contribution in [1.82, 2.24) is 19.6 Å². The second-order valence-electron chi connectivity index (χ2n) is 27.0. The molecule has 8 aliphatic heterocycles. The first-order chi connectivity index (χ1) is 47.9. The van der Waals surface area contributed by atoms with Crippen LogP contribution in [0.3, 0.4) is 0 Å². The van der Waals surface area contributed by atoms with Crippen molar-refractivity contribution >= 4 is 66.4 Å². The molecule has 0 N–H and O–H groups in total. The highest BCUT2D eigenvalue weighted by molar-refractivity contribution is 6.23. The summed E-state index contributed by atoms with van der Waals surface area (Å²) < 4.78 is 59.5. The monoisotopic (exact) mass is 1300 g/mol. The molecule has 0 radical (unpaired) electrons. The van der Waals surface area contributed by atoms with Crippen LogP contribution in [0.15, 0.2) is 117 Å². The summed E-state index contributed by atoms with van der Waals surface area (Å²) in [6.07, 6.45) is 11.4. The molecule has 4 atom stereocenters. The van der Waals surface area contributed by atoms with Crippen molar-refractivity contribution in [2.75, 3.05) is 52.9 Å². The lowest BCUT2D eigenvalue weighted by Crippen LogP contribution is -2.84. The van der Waals surface area contributed by atoms with Crippen LogP contribution in [0, 0.1) is 0 Å². The molecular formula is C81H92N8O8. The molecule has 97 heavy (non-hydrogen) atoms. The molecule has 16 nitrogen and oxygen atoms in total. The Morgan fingerprint density at radius 3 is 0.598 bits per heavy atom. The summed E-state index contributed by atoms with van der Waals surface area (Å²) >= 11 is 0. The molecule has 0 saturated carbocycles. The summed E-state index contributed by atoms with van der Waals surface area (Å²) in [6, 6.07) is 34.5. The average Bonchev–Trinajstić information content (AvgIpc) is 1.46. The first kappa shape index (κ1) is 62.9. The molecule has 8 aromatic carbocycles. The Balaban J connectivity index is 1.13. The van der Waals surface area contributed by atoms with Gasteiger partial charge in [0, 0.05) is 43.1 Å². The molecule has 504 valence electrons. The average molecular weight is 1310 g/mol. The second-order valence-corrected chi connectivity index (χ2v) is 27.0. The number of unbranched alkanes of at least 4 members (excludes halogenated alkanes) is 8. The summed E-state index contributed by atoms with van der Waals surface area (Å²) in [5, 5.41) is 7.69. The largest absolute Gasteiger partial charge is 0.492 e. The highest BCUT2D eigenvalue weighted by Crippen LogP contribution is 2.71.